The van der Waals surface area contributed by atoms with Gasteiger partial charge in [-0.2, -0.15) is 0 Å². The van der Waals surface area contributed by atoms with E-state index in [2.05, 4.69) is 0 Å². The molecule has 1 amide bonds. The molecule has 0 atom stereocenters. The van der Waals surface area contributed by atoms with E-state index < -0.39 is 0 Å². The van der Waals surface area contributed by atoms with Gasteiger partial charge in [0, 0.05) is 6.42 Å². The Bertz CT molecular complexity index is 290. The van der Waals surface area contributed by atoms with Crippen molar-refractivity contribution in [3.63, 3.8) is 0 Å². The van der Waals surface area contributed by atoms with Crippen LogP contribution in [0.4, 0.5) is 0 Å². The molecule has 0 saturated heterocycles. The number of rotatable bonds is 4. The van der Waals surface area contributed by atoms with Crippen LogP contribution in [0.3, 0.4) is 0 Å². The van der Waals surface area contributed by atoms with E-state index in [0.29, 0.717) is 12.8 Å². The number of nitrogens with two attached hydrogens (primary N) is 1. The van der Waals surface area contributed by atoms with E-state index >= 15 is 0 Å². The highest BCUT2D eigenvalue weighted by molar-refractivity contribution is 5.74. The number of allylic oxidation sites excluding steroid dienone is 1. The van der Waals surface area contributed by atoms with E-state index in [1.165, 1.54) is 0 Å². The molecule has 0 radical (unpaired) electrons. The fourth-order valence-electron chi connectivity index (χ4n) is 1.01. The predicted octanol–water partition coefficient (Wildman–Crippen LogP) is 1.97. The van der Waals surface area contributed by atoms with Crippen molar-refractivity contribution in [1.82, 2.24) is 0 Å². The monoisotopic (exact) mass is 175 g/mol. The summed E-state index contributed by atoms with van der Waals surface area (Å²) in [6, 6.07) is 9.96. The van der Waals surface area contributed by atoms with Gasteiger partial charge in [0.2, 0.25) is 5.91 Å². The standard InChI is InChI=1S/C11H13NO/c12-11(13)9-5-4-8-10-6-2-1-3-7-10/h1-4,6-8H,5,9H2,(H2,12,13). The van der Waals surface area contributed by atoms with Gasteiger partial charge in [-0.15, -0.1) is 0 Å². The van der Waals surface area contributed by atoms with Gasteiger partial charge in [-0.05, 0) is 12.0 Å². The van der Waals surface area contributed by atoms with Crippen molar-refractivity contribution in [1.29, 1.82) is 0 Å². The fourth-order valence-corrected chi connectivity index (χ4v) is 1.01. The average molecular weight is 175 g/mol. The van der Waals surface area contributed by atoms with Crippen molar-refractivity contribution in [2.45, 2.75) is 12.8 Å². The van der Waals surface area contributed by atoms with Gasteiger partial charge >= 0.3 is 0 Å². The molecule has 0 aliphatic heterocycles. The normalized spacial score (nSPS) is 10.5. The Morgan fingerprint density at radius 3 is 2.62 bits per heavy atom. The van der Waals surface area contributed by atoms with Gasteiger partial charge in [-0.25, -0.2) is 0 Å². The molecule has 0 spiro atoms. The quantitative estimate of drug-likeness (QED) is 0.746. The Balaban J connectivity index is 2.37. The SMILES string of the molecule is NC(=O)CCC=Cc1ccccc1. The molecule has 0 aromatic heterocycles. The second-order valence-corrected chi connectivity index (χ2v) is 2.82. The van der Waals surface area contributed by atoms with E-state index in [1.807, 2.05) is 42.5 Å². The van der Waals surface area contributed by atoms with Gasteiger partial charge in [0.25, 0.3) is 0 Å². The van der Waals surface area contributed by atoms with Crippen LogP contribution >= 0.6 is 0 Å². The summed E-state index contributed by atoms with van der Waals surface area (Å²) >= 11 is 0. The molecule has 0 bridgehead atoms. The van der Waals surface area contributed by atoms with Crippen molar-refractivity contribution in [3.8, 4) is 0 Å². The van der Waals surface area contributed by atoms with Crippen molar-refractivity contribution in [3.05, 3.63) is 42.0 Å². The molecule has 0 fully saturated rings. The van der Waals surface area contributed by atoms with E-state index in [9.17, 15) is 4.79 Å². The molecule has 1 rings (SSSR count). The summed E-state index contributed by atoms with van der Waals surface area (Å²) in [4.78, 5) is 10.4. The Morgan fingerprint density at radius 2 is 2.00 bits per heavy atom. The lowest BCUT2D eigenvalue weighted by molar-refractivity contribution is -0.117. The molecule has 2 nitrogen and oxygen atoms in total. The third kappa shape index (κ3) is 4.11. The molecule has 0 saturated carbocycles. The number of carbonyl (C=O) groups is 1. The number of hydrogen-bond donors (Lipinski definition) is 1. The number of amides is 1. The van der Waals surface area contributed by atoms with Crippen molar-refractivity contribution in [2.75, 3.05) is 0 Å². The third-order valence-corrected chi connectivity index (χ3v) is 1.67. The lowest BCUT2D eigenvalue weighted by Crippen LogP contribution is -2.08. The summed E-state index contributed by atoms with van der Waals surface area (Å²) in [6.45, 7) is 0. The zero-order valence-corrected chi connectivity index (χ0v) is 7.44. The van der Waals surface area contributed by atoms with Crippen molar-refractivity contribution < 1.29 is 4.79 Å². The van der Waals surface area contributed by atoms with E-state index in [0.717, 1.165) is 5.56 Å². The molecule has 1 aromatic rings. The van der Waals surface area contributed by atoms with Gasteiger partial charge in [-0.1, -0.05) is 42.5 Å². The van der Waals surface area contributed by atoms with Crippen LogP contribution < -0.4 is 5.73 Å². The summed E-state index contributed by atoms with van der Waals surface area (Å²) in [6.07, 6.45) is 5.08. The lowest BCUT2D eigenvalue weighted by atomic mass is 10.2. The Labute approximate surface area is 78.1 Å². The molecular weight excluding hydrogens is 162 g/mol. The molecule has 2 heteroatoms. The number of carbonyl (C=O) groups excluding carboxylic acids is 1. The second kappa shape index (κ2) is 5.14. The molecule has 68 valence electrons. The Morgan fingerprint density at radius 1 is 1.31 bits per heavy atom. The van der Waals surface area contributed by atoms with Gasteiger partial charge in [-0.3, -0.25) is 4.79 Å². The first-order valence-electron chi connectivity index (χ1n) is 4.29. The topological polar surface area (TPSA) is 43.1 Å². The zero-order chi connectivity index (χ0) is 9.52. The maximum atomic E-state index is 10.4. The first kappa shape index (κ1) is 9.52. The summed E-state index contributed by atoms with van der Waals surface area (Å²) < 4.78 is 0. The molecule has 0 aliphatic carbocycles. The van der Waals surface area contributed by atoms with Crippen LogP contribution in [-0.4, -0.2) is 5.91 Å². The number of hydrogen-bond acceptors (Lipinski definition) is 1. The minimum absolute atomic E-state index is 0.252. The molecule has 0 heterocycles. The van der Waals surface area contributed by atoms with E-state index in [1.54, 1.807) is 0 Å². The van der Waals surface area contributed by atoms with Crippen LogP contribution in [0, 0.1) is 0 Å². The highest BCUT2D eigenvalue weighted by Crippen LogP contribution is 2.02. The number of primary amides is 1. The zero-order valence-electron chi connectivity index (χ0n) is 7.44. The maximum Gasteiger partial charge on any atom is 0.217 e. The van der Waals surface area contributed by atoms with Crippen LogP contribution in [0.5, 0.6) is 0 Å². The van der Waals surface area contributed by atoms with Crippen molar-refractivity contribution in [2.24, 2.45) is 5.73 Å². The number of benzene rings is 1. The van der Waals surface area contributed by atoms with Crippen LogP contribution in [0.15, 0.2) is 36.4 Å². The van der Waals surface area contributed by atoms with Crippen LogP contribution in [0.1, 0.15) is 18.4 Å². The smallest absolute Gasteiger partial charge is 0.217 e. The van der Waals surface area contributed by atoms with E-state index in [-0.39, 0.29) is 5.91 Å². The molecule has 1 aromatic carbocycles. The summed E-state index contributed by atoms with van der Waals surface area (Å²) in [5.41, 5.74) is 6.14. The molecule has 0 aliphatic rings. The van der Waals surface area contributed by atoms with Gasteiger partial charge in [0.15, 0.2) is 0 Å². The van der Waals surface area contributed by atoms with Crippen LogP contribution in [0.2, 0.25) is 0 Å². The minimum Gasteiger partial charge on any atom is -0.370 e. The predicted molar refractivity (Wildman–Crippen MR) is 53.9 cm³/mol. The molecular formula is C11H13NO. The first-order valence-corrected chi connectivity index (χ1v) is 4.29. The summed E-state index contributed by atoms with van der Waals surface area (Å²) in [5, 5.41) is 0. The molecule has 0 unspecified atom stereocenters. The highest BCUT2D eigenvalue weighted by atomic mass is 16.1. The van der Waals surface area contributed by atoms with E-state index in [4.69, 9.17) is 5.73 Å². The Hall–Kier alpha value is -1.57. The maximum absolute atomic E-state index is 10.4. The second-order valence-electron chi connectivity index (χ2n) is 2.82. The highest BCUT2D eigenvalue weighted by Gasteiger charge is 1.89. The molecule has 13 heavy (non-hydrogen) atoms. The largest absolute Gasteiger partial charge is 0.370 e. The molecule has 2 N–H and O–H groups in total. The summed E-state index contributed by atoms with van der Waals surface area (Å²) in [5.74, 6) is -0.252. The minimum atomic E-state index is -0.252. The summed E-state index contributed by atoms with van der Waals surface area (Å²) in [7, 11) is 0. The van der Waals surface area contributed by atoms with Crippen molar-refractivity contribution >= 4 is 12.0 Å². The Kier molecular flexibility index (Phi) is 3.76. The van der Waals surface area contributed by atoms with Gasteiger partial charge < -0.3 is 5.73 Å². The fraction of sp³-hybridized carbons (Fsp3) is 0.182. The first-order chi connectivity index (χ1) is 6.29. The van der Waals surface area contributed by atoms with Gasteiger partial charge in [0.05, 0.1) is 0 Å². The van der Waals surface area contributed by atoms with Crippen LogP contribution in [-0.2, 0) is 4.79 Å². The lowest BCUT2D eigenvalue weighted by Gasteiger charge is -1.91. The van der Waals surface area contributed by atoms with Crippen LogP contribution in [0.25, 0.3) is 6.08 Å². The third-order valence-electron chi connectivity index (χ3n) is 1.67. The van der Waals surface area contributed by atoms with Gasteiger partial charge in [0.1, 0.15) is 0 Å². The average Bonchev–Trinajstić information content (AvgIpc) is 2.14.